The number of carbonyl (C=O) groups excluding carboxylic acids is 1. The summed E-state index contributed by atoms with van der Waals surface area (Å²) >= 11 is 13.2. The molecule has 0 saturated heterocycles. The summed E-state index contributed by atoms with van der Waals surface area (Å²) in [6, 6.07) is 14.1. The van der Waals surface area contributed by atoms with Gasteiger partial charge in [-0.25, -0.2) is 0 Å². The van der Waals surface area contributed by atoms with Crippen LogP contribution in [-0.4, -0.2) is 5.91 Å². The topological polar surface area (TPSA) is 42.2 Å². The first-order valence-corrected chi connectivity index (χ1v) is 8.12. The molecule has 3 aromatic rings. The Morgan fingerprint density at radius 1 is 1.09 bits per heavy atom. The number of carbonyl (C=O) groups is 1. The summed E-state index contributed by atoms with van der Waals surface area (Å²) in [4.78, 5) is 13.3. The number of rotatable bonds is 4. The van der Waals surface area contributed by atoms with Gasteiger partial charge in [0, 0.05) is 9.90 Å². The fourth-order valence-electron chi connectivity index (χ4n) is 2.07. The van der Waals surface area contributed by atoms with Crippen LogP contribution in [0.3, 0.4) is 0 Å². The molecule has 0 spiro atoms. The van der Waals surface area contributed by atoms with Crippen LogP contribution in [0.1, 0.15) is 27.0 Å². The molecule has 0 aliphatic heterocycles. The van der Waals surface area contributed by atoms with Crippen molar-refractivity contribution < 1.29 is 9.21 Å². The van der Waals surface area contributed by atoms with E-state index in [-0.39, 0.29) is 22.9 Å². The molecule has 1 unspecified atom stereocenters. The molecule has 0 bridgehead atoms. The zero-order valence-corrected chi connectivity index (χ0v) is 13.6. The van der Waals surface area contributed by atoms with Gasteiger partial charge in [0.05, 0.1) is 6.04 Å². The van der Waals surface area contributed by atoms with Gasteiger partial charge in [0.1, 0.15) is 0 Å². The van der Waals surface area contributed by atoms with Crippen LogP contribution in [0, 0.1) is 0 Å². The number of benzene rings is 1. The first kappa shape index (κ1) is 15.2. The molecule has 1 atom stereocenters. The van der Waals surface area contributed by atoms with Crippen molar-refractivity contribution in [1.82, 2.24) is 5.32 Å². The summed E-state index contributed by atoms with van der Waals surface area (Å²) in [5.41, 5.74) is 0.942. The van der Waals surface area contributed by atoms with Gasteiger partial charge in [0.2, 0.25) is 0 Å². The van der Waals surface area contributed by atoms with Gasteiger partial charge < -0.3 is 9.73 Å². The highest BCUT2D eigenvalue weighted by Gasteiger charge is 2.20. The predicted octanol–water partition coefficient (Wildman–Crippen LogP) is 5.17. The largest absolute Gasteiger partial charge is 0.440 e. The Hall–Kier alpha value is -1.75. The van der Waals surface area contributed by atoms with E-state index in [1.165, 1.54) is 0 Å². The minimum Gasteiger partial charge on any atom is -0.440 e. The minimum absolute atomic E-state index is 0.181. The van der Waals surface area contributed by atoms with Crippen LogP contribution in [0.4, 0.5) is 0 Å². The predicted molar refractivity (Wildman–Crippen MR) is 88.8 cm³/mol. The molecule has 0 saturated carbocycles. The van der Waals surface area contributed by atoms with E-state index in [2.05, 4.69) is 5.32 Å². The molecule has 6 heteroatoms. The third kappa shape index (κ3) is 3.35. The molecule has 0 aliphatic rings. The van der Waals surface area contributed by atoms with E-state index in [1.54, 1.807) is 35.6 Å². The highest BCUT2D eigenvalue weighted by molar-refractivity contribution is 7.10. The average Bonchev–Trinajstić information content (AvgIpc) is 3.17. The second-order valence-electron chi connectivity index (χ2n) is 4.58. The molecule has 3 rings (SSSR count). The number of amides is 1. The van der Waals surface area contributed by atoms with Crippen molar-refractivity contribution in [1.29, 1.82) is 0 Å². The zero-order valence-electron chi connectivity index (χ0n) is 11.3. The van der Waals surface area contributed by atoms with E-state index in [9.17, 15) is 4.79 Å². The second-order valence-corrected chi connectivity index (χ2v) is 6.37. The minimum atomic E-state index is -0.319. The number of furan rings is 1. The van der Waals surface area contributed by atoms with E-state index in [0.29, 0.717) is 5.02 Å². The molecule has 0 fully saturated rings. The van der Waals surface area contributed by atoms with Gasteiger partial charge in [0.25, 0.3) is 5.91 Å². The van der Waals surface area contributed by atoms with Gasteiger partial charge in [-0.05, 0) is 52.9 Å². The fraction of sp³-hybridized carbons (Fsp3) is 0.0625. The van der Waals surface area contributed by atoms with Gasteiger partial charge in [-0.2, -0.15) is 0 Å². The lowest BCUT2D eigenvalue weighted by Crippen LogP contribution is -2.28. The van der Waals surface area contributed by atoms with Gasteiger partial charge in [-0.1, -0.05) is 29.8 Å². The Morgan fingerprint density at radius 2 is 1.86 bits per heavy atom. The summed E-state index contributed by atoms with van der Waals surface area (Å²) in [6.07, 6.45) is 0. The lowest BCUT2D eigenvalue weighted by atomic mass is 10.1. The quantitative estimate of drug-likeness (QED) is 0.704. The first-order chi connectivity index (χ1) is 10.6. The Labute approximate surface area is 141 Å². The van der Waals surface area contributed by atoms with Crippen molar-refractivity contribution >= 4 is 40.4 Å². The molecule has 0 radical (unpaired) electrons. The molecular formula is C16H11Cl2NO2S. The van der Waals surface area contributed by atoms with E-state index in [1.807, 2.05) is 29.6 Å². The SMILES string of the molecule is O=C(NC(c1ccc(Cl)cc1)c1cccs1)c1ccc(Cl)o1. The third-order valence-corrected chi connectivity index (χ3v) is 4.50. The highest BCUT2D eigenvalue weighted by atomic mass is 35.5. The molecule has 1 amide bonds. The second kappa shape index (κ2) is 6.57. The Morgan fingerprint density at radius 3 is 2.45 bits per heavy atom. The van der Waals surface area contributed by atoms with Crippen LogP contribution in [0.15, 0.2) is 58.3 Å². The molecule has 1 N–H and O–H groups in total. The van der Waals surface area contributed by atoms with Gasteiger partial charge in [-0.3, -0.25) is 4.79 Å². The Bertz CT molecular complexity index is 766. The van der Waals surface area contributed by atoms with Crippen molar-refractivity contribution in [2.75, 3.05) is 0 Å². The molecule has 3 nitrogen and oxygen atoms in total. The Balaban J connectivity index is 1.89. The van der Waals surface area contributed by atoms with Gasteiger partial charge >= 0.3 is 0 Å². The third-order valence-electron chi connectivity index (χ3n) is 3.10. The molecule has 22 heavy (non-hydrogen) atoms. The molecular weight excluding hydrogens is 341 g/mol. The molecule has 2 heterocycles. The zero-order chi connectivity index (χ0) is 15.5. The van der Waals surface area contributed by atoms with E-state index >= 15 is 0 Å². The van der Waals surface area contributed by atoms with Crippen LogP contribution in [0.2, 0.25) is 10.2 Å². The van der Waals surface area contributed by atoms with E-state index in [4.69, 9.17) is 27.6 Å². The lowest BCUT2D eigenvalue weighted by molar-refractivity contribution is 0.0915. The smallest absolute Gasteiger partial charge is 0.287 e. The molecule has 2 aromatic heterocycles. The van der Waals surface area contributed by atoms with Crippen molar-refractivity contribution in [3.05, 3.63) is 80.4 Å². The van der Waals surface area contributed by atoms with E-state index in [0.717, 1.165) is 10.4 Å². The maximum atomic E-state index is 12.3. The molecule has 112 valence electrons. The van der Waals surface area contributed by atoms with Crippen LogP contribution < -0.4 is 5.32 Å². The highest BCUT2D eigenvalue weighted by Crippen LogP contribution is 2.27. The van der Waals surface area contributed by atoms with Crippen LogP contribution in [0.5, 0.6) is 0 Å². The van der Waals surface area contributed by atoms with Crippen LogP contribution in [-0.2, 0) is 0 Å². The summed E-state index contributed by atoms with van der Waals surface area (Å²) in [5, 5.41) is 5.76. The fourth-order valence-corrected chi connectivity index (χ4v) is 3.14. The average molecular weight is 352 g/mol. The van der Waals surface area contributed by atoms with Crippen LogP contribution in [0.25, 0.3) is 0 Å². The number of hydrogen-bond acceptors (Lipinski definition) is 3. The van der Waals surface area contributed by atoms with Crippen LogP contribution >= 0.6 is 34.5 Å². The first-order valence-electron chi connectivity index (χ1n) is 6.48. The van der Waals surface area contributed by atoms with Crippen molar-refractivity contribution in [2.45, 2.75) is 6.04 Å². The summed E-state index contributed by atoms with van der Waals surface area (Å²) in [7, 11) is 0. The Kier molecular flexibility index (Phi) is 4.52. The normalized spacial score (nSPS) is 12.1. The van der Waals surface area contributed by atoms with Gasteiger partial charge in [-0.15, -0.1) is 11.3 Å². The number of halogens is 2. The maximum Gasteiger partial charge on any atom is 0.287 e. The standard InChI is InChI=1S/C16H11Cl2NO2S/c17-11-5-3-10(4-6-11)15(13-2-1-9-22-13)19-16(20)12-7-8-14(18)21-12/h1-9,15H,(H,19,20). The molecule has 1 aromatic carbocycles. The van der Waals surface area contributed by atoms with Crippen molar-refractivity contribution in [2.24, 2.45) is 0 Å². The van der Waals surface area contributed by atoms with Crippen molar-refractivity contribution in [3.63, 3.8) is 0 Å². The summed E-state index contributed by atoms with van der Waals surface area (Å²) in [6.45, 7) is 0. The van der Waals surface area contributed by atoms with E-state index < -0.39 is 0 Å². The van der Waals surface area contributed by atoms with Gasteiger partial charge in [0.15, 0.2) is 11.0 Å². The number of nitrogens with one attached hydrogen (secondary N) is 1. The van der Waals surface area contributed by atoms with Crippen molar-refractivity contribution in [3.8, 4) is 0 Å². The lowest BCUT2D eigenvalue weighted by Gasteiger charge is -2.17. The summed E-state index contributed by atoms with van der Waals surface area (Å²) in [5.74, 6) is -0.138. The molecule has 0 aliphatic carbocycles. The number of hydrogen-bond donors (Lipinski definition) is 1. The monoisotopic (exact) mass is 351 g/mol. The summed E-state index contributed by atoms with van der Waals surface area (Å²) < 4.78 is 5.15. The maximum absolute atomic E-state index is 12.3. The number of thiophene rings is 1.